The Morgan fingerprint density at radius 3 is 2.41 bits per heavy atom. The van der Waals surface area contributed by atoms with Crippen LogP contribution in [0.4, 0.5) is 5.69 Å². The third-order valence-electron chi connectivity index (χ3n) is 5.12. The number of piperidine rings is 1. The van der Waals surface area contributed by atoms with Crippen molar-refractivity contribution in [1.82, 2.24) is 14.7 Å². The van der Waals surface area contributed by atoms with Crippen LogP contribution in [0.2, 0.25) is 0 Å². The fourth-order valence-corrected chi connectivity index (χ4v) is 3.51. The molecule has 1 aromatic heterocycles. The van der Waals surface area contributed by atoms with Gasteiger partial charge in [-0.2, -0.15) is 5.10 Å². The molecule has 0 saturated carbocycles. The molecule has 1 aliphatic heterocycles. The smallest absolute Gasteiger partial charge is 0.312 e. The van der Waals surface area contributed by atoms with Gasteiger partial charge >= 0.3 is 5.69 Å². The number of aromatic nitrogens is 2. The average Bonchev–Trinajstić information content (AvgIpc) is 2.95. The molecule has 1 amide bonds. The van der Waals surface area contributed by atoms with Gasteiger partial charge in [0.25, 0.3) is 5.91 Å². The molecule has 1 fully saturated rings. The maximum absolute atomic E-state index is 12.6. The summed E-state index contributed by atoms with van der Waals surface area (Å²) in [4.78, 5) is 25.2. The maximum Gasteiger partial charge on any atom is 0.312 e. The molecule has 144 valence electrons. The molecule has 0 N–H and O–H groups in total. The minimum atomic E-state index is -0.400. The third kappa shape index (κ3) is 4.00. The van der Waals surface area contributed by atoms with Crippen LogP contribution in [-0.2, 0) is 11.3 Å². The summed E-state index contributed by atoms with van der Waals surface area (Å²) >= 11 is 0. The lowest BCUT2D eigenvalue weighted by Crippen LogP contribution is -2.40. The van der Waals surface area contributed by atoms with Crippen LogP contribution in [0.5, 0.6) is 0 Å². The first-order valence-electron chi connectivity index (χ1n) is 9.00. The first-order valence-corrected chi connectivity index (χ1v) is 9.00. The largest absolute Gasteiger partial charge is 0.381 e. The second-order valence-electron chi connectivity index (χ2n) is 6.86. The van der Waals surface area contributed by atoms with Gasteiger partial charge in [-0.3, -0.25) is 19.6 Å². The fourth-order valence-electron chi connectivity index (χ4n) is 3.51. The molecule has 2 heterocycles. The van der Waals surface area contributed by atoms with Crippen LogP contribution in [0.1, 0.15) is 40.2 Å². The van der Waals surface area contributed by atoms with Crippen LogP contribution in [0.15, 0.2) is 24.3 Å². The van der Waals surface area contributed by atoms with Crippen LogP contribution >= 0.6 is 0 Å². The van der Waals surface area contributed by atoms with Crippen LogP contribution in [0.25, 0.3) is 0 Å². The molecule has 0 radical (unpaired) electrons. The molecule has 8 heteroatoms. The summed E-state index contributed by atoms with van der Waals surface area (Å²) < 4.78 is 6.97. The Labute approximate surface area is 157 Å². The number of hydrogen-bond acceptors (Lipinski definition) is 5. The highest BCUT2D eigenvalue weighted by molar-refractivity contribution is 5.94. The van der Waals surface area contributed by atoms with E-state index in [1.807, 2.05) is 17.0 Å². The Morgan fingerprint density at radius 1 is 1.26 bits per heavy atom. The second-order valence-corrected chi connectivity index (χ2v) is 6.86. The number of carbonyl (C=O) groups excluding carboxylic acids is 1. The van der Waals surface area contributed by atoms with Gasteiger partial charge in [-0.05, 0) is 44.4 Å². The van der Waals surface area contributed by atoms with E-state index in [1.165, 1.54) is 0 Å². The lowest BCUT2D eigenvalue weighted by atomic mass is 10.1. The number of nitro groups is 1. The zero-order valence-corrected chi connectivity index (χ0v) is 15.8. The van der Waals surface area contributed by atoms with Crippen LogP contribution in [-0.4, -0.2) is 51.8 Å². The van der Waals surface area contributed by atoms with E-state index in [4.69, 9.17) is 4.74 Å². The van der Waals surface area contributed by atoms with Crippen molar-refractivity contribution in [1.29, 1.82) is 0 Å². The fraction of sp³-hybridized carbons (Fsp3) is 0.474. The van der Waals surface area contributed by atoms with E-state index in [0.717, 1.165) is 18.4 Å². The van der Waals surface area contributed by atoms with E-state index in [9.17, 15) is 14.9 Å². The van der Waals surface area contributed by atoms with Crippen LogP contribution in [0, 0.1) is 24.0 Å². The molecule has 1 aliphatic rings. The number of nitrogens with zero attached hydrogens (tertiary/aromatic N) is 4. The van der Waals surface area contributed by atoms with Crippen molar-refractivity contribution in [3.8, 4) is 0 Å². The first kappa shape index (κ1) is 19.0. The number of likely N-dealkylation sites (tertiary alicyclic amines) is 1. The molecule has 8 nitrogen and oxygen atoms in total. The zero-order chi connectivity index (χ0) is 19.6. The Balaban J connectivity index is 1.68. The summed E-state index contributed by atoms with van der Waals surface area (Å²) in [7, 11) is 1.71. The minimum absolute atomic E-state index is 0.0258. The topological polar surface area (TPSA) is 90.5 Å². The monoisotopic (exact) mass is 372 g/mol. The van der Waals surface area contributed by atoms with E-state index in [2.05, 4.69) is 5.10 Å². The van der Waals surface area contributed by atoms with Gasteiger partial charge in [0.1, 0.15) is 11.4 Å². The van der Waals surface area contributed by atoms with Crippen LogP contribution in [0.3, 0.4) is 0 Å². The highest BCUT2D eigenvalue weighted by atomic mass is 16.6. The molecule has 2 aromatic rings. The predicted octanol–water partition coefficient (Wildman–Crippen LogP) is 2.71. The lowest BCUT2D eigenvalue weighted by molar-refractivity contribution is -0.386. The number of rotatable bonds is 5. The Morgan fingerprint density at radius 2 is 1.89 bits per heavy atom. The lowest BCUT2D eigenvalue weighted by Gasteiger charge is -2.31. The van der Waals surface area contributed by atoms with E-state index >= 15 is 0 Å². The third-order valence-corrected chi connectivity index (χ3v) is 5.12. The molecule has 0 unspecified atom stereocenters. The van der Waals surface area contributed by atoms with Gasteiger partial charge < -0.3 is 9.64 Å². The van der Waals surface area contributed by atoms with Crippen molar-refractivity contribution >= 4 is 11.6 Å². The van der Waals surface area contributed by atoms with E-state index in [1.54, 1.807) is 37.8 Å². The van der Waals surface area contributed by atoms with Gasteiger partial charge in [0.05, 0.1) is 17.6 Å². The summed E-state index contributed by atoms with van der Waals surface area (Å²) in [5.74, 6) is 0.0258. The van der Waals surface area contributed by atoms with Gasteiger partial charge in [-0.25, -0.2) is 0 Å². The van der Waals surface area contributed by atoms with Crippen molar-refractivity contribution in [2.75, 3.05) is 20.2 Å². The van der Waals surface area contributed by atoms with Gasteiger partial charge in [0.2, 0.25) is 0 Å². The Kier molecular flexibility index (Phi) is 5.55. The average molecular weight is 372 g/mol. The summed E-state index contributed by atoms with van der Waals surface area (Å²) in [6, 6.07) is 7.36. The van der Waals surface area contributed by atoms with Crippen molar-refractivity contribution in [3.63, 3.8) is 0 Å². The molecule has 3 rings (SSSR count). The quantitative estimate of drug-likeness (QED) is 0.594. The van der Waals surface area contributed by atoms with E-state index in [0.29, 0.717) is 36.6 Å². The number of benzene rings is 1. The molecule has 1 saturated heterocycles. The summed E-state index contributed by atoms with van der Waals surface area (Å²) in [6.45, 7) is 5.16. The van der Waals surface area contributed by atoms with Gasteiger partial charge in [-0.1, -0.05) is 12.1 Å². The van der Waals surface area contributed by atoms with Crippen LogP contribution < -0.4 is 0 Å². The number of aryl methyl sites for hydroxylation is 1. The Hall–Kier alpha value is -2.74. The number of hydrogen-bond donors (Lipinski definition) is 0. The molecule has 0 spiro atoms. The number of carbonyl (C=O) groups is 1. The molecule has 0 bridgehead atoms. The van der Waals surface area contributed by atoms with Crippen molar-refractivity contribution in [2.24, 2.45) is 0 Å². The number of ether oxygens (including phenoxy) is 1. The highest BCUT2D eigenvalue weighted by Crippen LogP contribution is 2.23. The summed E-state index contributed by atoms with van der Waals surface area (Å²) in [5, 5.41) is 15.4. The highest BCUT2D eigenvalue weighted by Gasteiger charge is 2.24. The molecule has 0 aliphatic carbocycles. The van der Waals surface area contributed by atoms with E-state index < -0.39 is 4.92 Å². The van der Waals surface area contributed by atoms with Gasteiger partial charge in [0, 0.05) is 25.8 Å². The number of methoxy groups -OCH3 is 1. The van der Waals surface area contributed by atoms with Gasteiger partial charge in [-0.15, -0.1) is 0 Å². The number of amides is 1. The summed E-state index contributed by atoms with van der Waals surface area (Å²) in [5.41, 5.74) is 2.57. The molecule has 1 aromatic carbocycles. The molecular formula is C19H24N4O4. The minimum Gasteiger partial charge on any atom is -0.381 e. The first-order chi connectivity index (χ1) is 12.9. The molecule has 27 heavy (non-hydrogen) atoms. The molecular weight excluding hydrogens is 348 g/mol. The second kappa shape index (κ2) is 7.87. The maximum atomic E-state index is 12.6. The Bertz CT molecular complexity index is 836. The zero-order valence-electron chi connectivity index (χ0n) is 15.8. The van der Waals surface area contributed by atoms with Crippen molar-refractivity contribution < 1.29 is 14.5 Å². The predicted molar refractivity (Wildman–Crippen MR) is 99.8 cm³/mol. The van der Waals surface area contributed by atoms with Gasteiger partial charge in [0.15, 0.2) is 0 Å². The standard InChI is InChI=1S/C19H24N4O4/c1-13-18(23(25)26)14(2)22(20-13)12-15-4-6-16(7-5-15)19(24)21-10-8-17(27-3)9-11-21/h4-7,17H,8-12H2,1-3H3. The van der Waals surface area contributed by atoms with Crippen molar-refractivity contribution in [2.45, 2.75) is 39.3 Å². The van der Waals surface area contributed by atoms with Crippen molar-refractivity contribution in [3.05, 3.63) is 56.9 Å². The summed E-state index contributed by atoms with van der Waals surface area (Å²) in [6.07, 6.45) is 1.95. The SMILES string of the molecule is COC1CCN(C(=O)c2ccc(Cn3nc(C)c([N+](=O)[O-])c3C)cc2)CC1. The molecule has 0 atom stereocenters. The normalized spacial score (nSPS) is 15.1. The van der Waals surface area contributed by atoms with E-state index in [-0.39, 0.29) is 17.7 Å².